The van der Waals surface area contributed by atoms with Crippen LogP contribution in [0.3, 0.4) is 0 Å². The molecule has 106 valence electrons. The van der Waals surface area contributed by atoms with E-state index >= 15 is 0 Å². The minimum atomic E-state index is -0.540. The highest BCUT2D eigenvalue weighted by atomic mass is 32.1. The Morgan fingerprint density at radius 3 is 2.95 bits per heavy atom. The van der Waals surface area contributed by atoms with E-state index in [4.69, 9.17) is 5.73 Å². The number of carbonyl (C=O) groups excluding carboxylic acids is 2. The summed E-state index contributed by atoms with van der Waals surface area (Å²) in [5, 5.41) is 7.26. The molecule has 6 heteroatoms. The first-order valence-corrected chi connectivity index (χ1v) is 7.37. The molecule has 1 aliphatic carbocycles. The predicted molar refractivity (Wildman–Crippen MR) is 78.3 cm³/mol. The third-order valence-electron chi connectivity index (χ3n) is 2.84. The maximum absolute atomic E-state index is 12.0. The molecular weight excluding hydrogens is 274 g/mol. The van der Waals surface area contributed by atoms with Crippen LogP contribution in [0.5, 0.6) is 0 Å². The van der Waals surface area contributed by atoms with Crippen molar-refractivity contribution < 1.29 is 9.59 Å². The molecule has 1 aliphatic rings. The van der Waals surface area contributed by atoms with E-state index < -0.39 is 6.04 Å². The quantitative estimate of drug-likeness (QED) is 0.704. The van der Waals surface area contributed by atoms with Crippen LogP contribution in [-0.2, 0) is 4.79 Å². The molecule has 1 aromatic heterocycles. The van der Waals surface area contributed by atoms with Gasteiger partial charge in [-0.3, -0.25) is 9.59 Å². The summed E-state index contributed by atoms with van der Waals surface area (Å²) in [6, 6.07) is 1.46. The largest absolute Gasteiger partial charge is 0.352 e. The molecule has 1 atom stereocenters. The summed E-state index contributed by atoms with van der Waals surface area (Å²) in [4.78, 5) is 24.5. The zero-order chi connectivity index (χ0) is 14.5. The van der Waals surface area contributed by atoms with Crippen LogP contribution in [0.15, 0.2) is 11.4 Å². The number of nitrogens with one attached hydrogen (secondary N) is 2. The zero-order valence-electron chi connectivity index (χ0n) is 11.2. The van der Waals surface area contributed by atoms with Crippen molar-refractivity contribution in [2.75, 3.05) is 6.54 Å². The molecule has 0 saturated heterocycles. The van der Waals surface area contributed by atoms with Crippen LogP contribution >= 0.6 is 11.3 Å². The highest BCUT2D eigenvalue weighted by Gasteiger charge is 2.26. The Morgan fingerprint density at radius 1 is 1.55 bits per heavy atom. The van der Waals surface area contributed by atoms with E-state index in [9.17, 15) is 9.59 Å². The van der Waals surface area contributed by atoms with Crippen LogP contribution in [0, 0.1) is 11.8 Å². The Kier molecular flexibility index (Phi) is 4.77. The average Bonchev–Trinajstić information content (AvgIpc) is 3.10. The topological polar surface area (TPSA) is 84.2 Å². The third-order valence-corrected chi connectivity index (χ3v) is 3.69. The van der Waals surface area contributed by atoms with Gasteiger partial charge in [-0.05, 0) is 25.8 Å². The van der Waals surface area contributed by atoms with Crippen LogP contribution in [0.4, 0.5) is 0 Å². The molecular formula is C14H17N3O2S. The summed E-state index contributed by atoms with van der Waals surface area (Å²) in [5.41, 5.74) is 5.81. The Labute approximate surface area is 121 Å². The van der Waals surface area contributed by atoms with E-state index in [0.717, 1.165) is 17.7 Å². The lowest BCUT2D eigenvalue weighted by Gasteiger charge is -2.13. The lowest BCUT2D eigenvalue weighted by Crippen LogP contribution is -2.45. The maximum Gasteiger partial charge on any atom is 0.252 e. The van der Waals surface area contributed by atoms with Crippen molar-refractivity contribution in [3.63, 3.8) is 0 Å². The molecule has 0 spiro atoms. The number of hydrogen-bond donors (Lipinski definition) is 3. The number of carbonyl (C=O) groups is 2. The van der Waals surface area contributed by atoms with Gasteiger partial charge in [0.1, 0.15) is 6.04 Å². The van der Waals surface area contributed by atoms with Crippen molar-refractivity contribution in [1.29, 1.82) is 0 Å². The van der Waals surface area contributed by atoms with Crippen molar-refractivity contribution in [2.45, 2.75) is 31.8 Å². The molecule has 4 N–H and O–H groups in total. The smallest absolute Gasteiger partial charge is 0.252 e. The molecule has 0 aromatic carbocycles. The first kappa shape index (κ1) is 14.6. The van der Waals surface area contributed by atoms with Crippen LogP contribution in [0.2, 0.25) is 0 Å². The van der Waals surface area contributed by atoms with Crippen LogP contribution in [0.1, 0.15) is 35.0 Å². The standard InChI is InChI=1S/C14H17N3O2S/c1-9(13(18)17-11-4-5-11)16-14(19)10-7-12(20-8-10)3-2-6-15/h7-9,11H,4-6,15H2,1H3,(H,16,19)(H,17,18). The molecule has 1 aromatic rings. The summed E-state index contributed by atoms with van der Waals surface area (Å²) >= 11 is 1.38. The maximum atomic E-state index is 12.0. The van der Waals surface area contributed by atoms with Gasteiger partial charge >= 0.3 is 0 Å². The first-order chi connectivity index (χ1) is 9.60. The zero-order valence-corrected chi connectivity index (χ0v) is 12.0. The van der Waals surface area contributed by atoms with Crippen molar-refractivity contribution in [1.82, 2.24) is 10.6 Å². The average molecular weight is 291 g/mol. The van der Waals surface area contributed by atoms with E-state index in [-0.39, 0.29) is 18.4 Å². The minimum Gasteiger partial charge on any atom is -0.352 e. The number of amides is 2. The Morgan fingerprint density at radius 2 is 2.30 bits per heavy atom. The summed E-state index contributed by atoms with van der Waals surface area (Å²) in [6.07, 6.45) is 2.06. The van der Waals surface area contributed by atoms with Gasteiger partial charge in [-0.1, -0.05) is 11.8 Å². The molecule has 0 aliphatic heterocycles. The second-order valence-electron chi connectivity index (χ2n) is 4.68. The van der Waals surface area contributed by atoms with Gasteiger partial charge < -0.3 is 16.4 Å². The molecule has 2 amide bonds. The Hall–Kier alpha value is -1.84. The summed E-state index contributed by atoms with van der Waals surface area (Å²) in [7, 11) is 0. The van der Waals surface area contributed by atoms with E-state index in [0.29, 0.717) is 11.6 Å². The number of hydrogen-bond acceptors (Lipinski definition) is 4. The monoisotopic (exact) mass is 291 g/mol. The van der Waals surface area contributed by atoms with Gasteiger partial charge in [-0.25, -0.2) is 0 Å². The van der Waals surface area contributed by atoms with Crippen molar-refractivity contribution in [3.8, 4) is 11.8 Å². The van der Waals surface area contributed by atoms with Crippen LogP contribution < -0.4 is 16.4 Å². The fraction of sp³-hybridized carbons (Fsp3) is 0.429. The summed E-state index contributed by atoms with van der Waals surface area (Å²) < 4.78 is 0. The molecule has 2 rings (SSSR count). The van der Waals surface area contributed by atoms with Crippen molar-refractivity contribution in [3.05, 3.63) is 21.9 Å². The predicted octanol–water partition coefficient (Wildman–Crippen LogP) is 0.455. The third kappa shape index (κ3) is 4.08. The Bertz CT molecular complexity index is 566. The number of thiophene rings is 1. The van der Waals surface area contributed by atoms with E-state index in [2.05, 4.69) is 22.5 Å². The van der Waals surface area contributed by atoms with E-state index in [1.807, 2.05) is 0 Å². The van der Waals surface area contributed by atoms with Crippen LogP contribution in [0.25, 0.3) is 0 Å². The first-order valence-electron chi connectivity index (χ1n) is 6.49. The van der Waals surface area contributed by atoms with Crippen LogP contribution in [-0.4, -0.2) is 30.4 Å². The fourth-order valence-electron chi connectivity index (χ4n) is 1.56. The molecule has 20 heavy (non-hydrogen) atoms. The lowest BCUT2D eigenvalue weighted by atomic mass is 10.2. The van der Waals surface area contributed by atoms with Gasteiger partial charge in [-0.15, -0.1) is 11.3 Å². The minimum absolute atomic E-state index is 0.140. The number of nitrogens with two attached hydrogens (primary N) is 1. The molecule has 1 unspecified atom stereocenters. The highest BCUT2D eigenvalue weighted by molar-refractivity contribution is 7.10. The molecule has 0 radical (unpaired) electrons. The van der Waals surface area contributed by atoms with E-state index in [1.165, 1.54) is 11.3 Å². The van der Waals surface area contributed by atoms with Gasteiger partial charge in [0, 0.05) is 11.4 Å². The highest BCUT2D eigenvalue weighted by Crippen LogP contribution is 2.18. The molecule has 1 fully saturated rings. The van der Waals surface area contributed by atoms with Gasteiger partial charge in [0.2, 0.25) is 5.91 Å². The summed E-state index contributed by atoms with van der Waals surface area (Å²) in [5.74, 6) is 5.21. The molecule has 5 nitrogen and oxygen atoms in total. The van der Waals surface area contributed by atoms with Gasteiger partial charge in [0.25, 0.3) is 5.91 Å². The van der Waals surface area contributed by atoms with Gasteiger partial charge in [-0.2, -0.15) is 0 Å². The normalized spacial score (nSPS) is 14.9. The second-order valence-corrected chi connectivity index (χ2v) is 5.59. The molecule has 1 heterocycles. The summed E-state index contributed by atoms with van der Waals surface area (Å²) in [6.45, 7) is 1.97. The fourth-order valence-corrected chi connectivity index (χ4v) is 2.31. The molecule has 0 bridgehead atoms. The Balaban J connectivity index is 1.89. The number of rotatable bonds is 4. The lowest BCUT2D eigenvalue weighted by molar-refractivity contribution is -0.122. The van der Waals surface area contributed by atoms with Crippen molar-refractivity contribution in [2.24, 2.45) is 5.73 Å². The SMILES string of the molecule is CC(NC(=O)c1csc(C#CCN)c1)C(=O)NC1CC1. The molecule has 1 saturated carbocycles. The van der Waals surface area contributed by atoms with E-state index in [1.54, 1.807) is 18.4 Å². The van der Waals surface area contributed by atoms with Gasteiger partial charge in [0.05, 0.1) is 17.0 Å². The second kappa shape index (κ2) is 6.55. The van der Waals surface area contributed by atoms with Gasteiger partial charge in [0.15, 0.2) is 0 Å². The van der Waals surface area contributed by atoms with Crippen molar-refractivity contribution >= 4 is 23.2 Å².